The fourth-order valence-electron chi connectivity index (χ4n) is 7.16. The van der Waals surface area contributed by atoms with Crippen LogP contribution in [0.1, 0.15) is 88.2 Å². The van der Waals surface area contributed by atoms with E-state index < -0.39 is 11.6 Å². The molecule has 216 valence electrons. The number of allylic oxidation sites excluding steroid dienone is 3. The van der Waals surface area contributed by atoms with E-state index in [4.69, 9.17) is 0 Å². The summed E-state index contributed by atoms with van der Waals surface area (Å²) in [4.78, 5) is 0. The third-order valence-electron chi connectivity index (χ3n) is 9.70. The Kier molecular flexibility index (Phi) is 9.85. The highest BCUT2D eigenvalue weighted by molar-refractivity contribution is 5.71. The second-order valence-electron chi connectivity index (χ2n) is 12.2. The summed E-state index contributed by atoms with van der Waals surface area (Å²) in [6.07, 6.45) is 18.0. The average Bonchev–Trinajstić information content (AvgIpc) is 3.01. The molecule has 2 saturated carbocycles. The number of aryl methyl sites for hydroxylation is 1. The van der Waals surface area contributed by atoms with E-state index in [1.54, 1.807) is 30.3 Å². The standard InChI is InChI=1S/C38H43F3/c1-3-5-6-7-8-32-21-24-35(38(41)37(32)40)31-19-15-29(16-20-31)33-22-23-34(36(39)25-33)30-17-13-28(14-18-30)27-11-9-26(4-2)10-12-27/h4-6,15-16,19-28,30H,2-3,7-14,17-18H2,1H3/b6-5+. The molecule has 2 aliphatic carbocycles. The summed E-state index contributed by atoms with van der Waals surface area (Å²) in [5, 5.41) is 0. The van der Waals surface area contributed by atoms with Crippen LogP contribution < -0.4 is 0 Å². The van der Waals surface area contributed by atoms with E-state index in [0.717, 1.165) is 47.8 Å². The van der Waals surface area contributed by atoms with Crippen LogP contribution in [0.3, 0.4) is 0 Å². The molecule has 0 saturated heterocycles. The zero-order chi connectivity index (χ0) is 28.8. The predicted molar refractivity (Wildman–Crippen MR) is 165 cm³/mol. The Labute approximate surface area is 244 Å². The number of hydrogen-bond donors (Lipinski definition) is 0. The van der Waals surface area contributed by atoms with Crippen molar-refractivity contribution in [3.8, 4) is 22.3 Å². The fraction of sp³-hybridized carbons (Fsp3) is 0.421. The number of hydrogen-bond acceptors (Lipinski definition) is 0. The summed E-state index contributed by atoms with van der Waals surface area (Å²) < 4.78 is 45.0. The van der Waals surface area contributed by atoms with Gasteiger partial charge in [-0.05, 0) is 128 Å². The molecule has 5 rings (SSSR count). The van der Waals surface area contributed by atoms with Gasteiger partial charge in [0.25, 0.3) is 0 Å². The molecule has 0 unspecified atom stereocenters. The van der Waals surface area contributed by atoms with Crippen molar-refractivity contribution in [3.05, 3.63) is 108 Å². The average molecular weight is 557 g/mol. The first-order valence-electron chi connectivity index (χ1n) is 15.6. The van der Waals surface area contributed by atoms with Crippen molar-refractivity contribution in [1.29, 1.82) is 0 Å². The molecule has 0 radical (unpaired) electrons. The van der Waals surface area contributed by atoms with Crippen molar-refractivity contribution in [2.45, 2.75) is 83.5 Å². The van der Waals surface area contributed by atoms with Crippen molar-refractivity contribution in [3.63, 3.8) is 0 Å². The largest absolute Gasteiger partial charge is 0.207 e. The van der Waals surface area contributed by atoms with Crippen LogP contribution in [0.2, 0.25) is 0 Å². The number of benzene rings is 3. The summed E-state index contributed by atoms with van der Waals surface area (Å²) >= 11 is 0. The summed E-state index contributed by atoms with van der Waals surface area (Å²) in [7, 11) is 0. The first kappa shape index (κ1) is 29.4. The van der Waals surface area contributed by atoms with Crippen molar-refractivity contribution in [1.82, 2.24) is 0 Å². The zero-order valence-corrected chi connectivity index (χ0v) is 24.4. The first-order valence-corrected chi connectivity index (χ1v) is 15.6. The molecule has 0 aliphatic heterocycles. The van der Waals surface area contributed by atoms with Crippen LogP contribution in [0.5, 0.6) is 0 Å². The highest BCUT2D eigenvalue weighted by Gasteiger charge is 2.31. The summed E-state index contributed by atoms with van der Waals surface area (Å²) in [5.41, 5.74) is 3.73. The second-order valence-corrected chi connectivity index (χ2v) is 12.2. The molecule has 0 amide bonds. The van der Waals surface area contributed by atoms with Crippen LogP contribution in [-0.2, 0) is 6.42 Å². The van der Waals surface area contributed by atoms with Crippen LogP contribution in [-0.4, -0.2) is 0 Å². The Morgan fingerprint density at radius 1 is 0.707 bits per heavy atom. The molecule has 41 heavy (non-hydrogen) atoms. The predicted octanol–water partition coefficient (Wildman–Crippen LogP) is 11.6. The smallest absolute Gasteiger partial charge is 0.166 e. The summed E-state index contributed by atoms with van der Waals surface area (Å²) in [6.45, 7) is 6.02. The van der Waals surface area contributed by atoms with Gasteiger partial charge in [0.2, 0.25) is 0 Å². The molecule has 3 heteroatoms. The Morgan fingerprint density at radius 2 is 1.34 bits per heavy atom. The lowest BCUT2D eigenvalue weighted by atomic mass is 9.68. The van der Waals surface area contributed by atoms with E-state index >= 15 is 4.39 Å². The Balaban J connectivity index is 1.22. The molecule has 3 aromatic carbocycles. The molecule has 2 fully saturated rings. The SMILES string of the molecule is C=CC1CCC(C2CCC(c3ccc(-c4ccc(-c5ccc(CC/C=C/CC)c(F)c5F)cc4)cc3F)CC2)CC1. The lowest BCUT2D eigenvalue weighted by Crippen LogP contribution is -2.25. The van der Waals surface area contributed by atoms with Gasteiger partial charge in [0, 0.05) is 5.56 Å². The minimum atomic E-state index is -0.815. The molecule has 0 atom stereocenters. The van der Waals surface area contributed by atoms with Crippen LogP contribution in [0.4, 0.5) is 13.2 Å². The molecule has 0 N–H and O–H groups in total. The first-order chi connectivity index (χ1) is 20.0. The van der Waals surface area contributed by atoms with Gasteiger partial charge in [0.1, 0.15) is 5.82 Å². The number of halogens is 3. The quantitative estimate of drug-likeness (QED) is 0.230. The molecule has 0 nitrogen and oxygen atoms in total. The van der Waals surface area contributed by atoms with Crippen molar-refractivity contribution < 1.29 is 13.2 Å². The minimum Gasteiger partial charge on any atom is -0.207 e. The monoisotopic (exact) mass is 556 g/mol. The van der Waals surface area contributed by atoms with Gasteiger partial charge in [-0.3, -0.25) is 0 Å². The molecular formula is C38H43F3. The lowest BCUT2D eigenvalue weighted by molar-refractivity contribution is 0.171. The second kappa shape index (κ2) is 13.7. The van der Waals surface area contributed by atoms with E-state index in [2.05, 4.69) is 12.7 Å². The highest BCUT2D eigenvalue weighted by Crippen LogP contribution is 2.44. The van der Waals surface area contributed by atoms with Crippen LogP contribution >= 0.6 is 0 Å². The maximum absolute atomic E-state index is 15.4. The normalized spacial score (nSPS) is 23.1. The van der Waals surface area contributed by atoms with Gasteiger partial charge in [0.05, 0.1) is 0 Å². The lowest BCUT2D eigenvalue weighted by Gasteiger charge is -2.37. The van der Waals surface area contributed by atoms with Crippen molar-refractivity contribution >= 4 is 0 Å². The molecule has 0 aromatic heterocycles. The van der Waals surface area contributed by atoms with E-state index in [-0.39, 0.29) is 17.3 Å². The molecule has 2 aliphatic rings. The van der Waals surface area contributed by atoms with Gasteiger partial charge in [-0.2, -0.15) is 0 Å². The van der Waals surface area contributed by atoms with Gasteiger partial charge in [-0.1, -0.05) is 73.7 Å². The van der Waals surface area contributed by atoms with E-state index in [0.29, 0.717) is 29.9 Å². The maximum atomic E-state index is 15.4. The highest BCUT2D eigenvalue weighted by atomic mass is 19.2. The van der Waals surface area contributed by atoms with Crippen molar-refractivity contribution in [2.75, 3.05) is 0 Å². The molecule has 0 heterocycles. The van der Waals surface area contributed by atoms with Crippen LogP contribution in [0, 0.1) is 35.2 Å². The summed E-state index contributed by atoms with van der Waals surface area (Å²) in [6, 6.07) is 16.2. The van der Waals surface area contributed by atoms with Gasteiger partial charge in [0.15, 0.2) is 11.6 Å². The van der Waals surface area contributed by atoms with Crippen LogP contribution in [0.25, 0.3) is 22.3 Å². The molecule has 0 bridgehead atoms. The van der Waals surface area contributed by atoms with E-state index in [1.165, 1.54) is 38.5 Å². The molecule has 0 spiro atoms. The zero-order valence-electron chi connectivity index (χ0n) is 24.4. The Hall–Kier alpha value is -3.07. The van der Waals surface area contributed by atoms with E-state index in [9.17, 15) is 8.78 Å². The van der Waals surface area contributed by atoms with Gasteiger partial charge >= 0.3 is 0 Å². The topological polar surface area (TPSA) is 0 Å². The third-order valence-corrected chi connectivity index (χ3v) is 9.70. The third kappa shape index (κ3) is 6.88. The van der Waals surface area contributed by atoms with Gasteiger partial charge < -0.3 is 0 Å². The molecule has 3 aromatic rings. The summed E-state index contributed by atoms with van der Waals surface area (Å²) in [5.74, 6) is 0.876. The van der Waals surface area contributed by atoms with Gasteiger partial charge in [-0.15, -0.1) is 6.58 Å². The Morgan fingerprint density at radius 3 is 1.98 bits per heavy atom. The van der Waals surface area contributed by atoms with Gasteiger partial charge in [-0.25, -0.2) is 13.2 Å². The van der Waals surface area contributed by atoms with E-state index in [1.807, 2.05) is 43.3 Å². The fourth-order valence-corrected chi connectivity index (χ4v) is 7.16. The minimum absolute atomic E-state index is 0.140. The molecular weight excluding hydrogens is 513 g/mol. The van der Waals surface area contributed by atoms with Crippen molar-refractivity contribution in [2.24, 2.45) is 17.8 Å². The van der Waals surface area contributed by atoms with Crippen LogP contribution in [0.15, 0.2) is 79.4 Å². The maximum Gasteiger partial charge on any atom is 0.166 e. The Bertz CT molecular complexity index is 1340. The number of rotatable bonds is 9.